The summed E-state index contributed by atoms with van der Waals surface area (Å²) >= 11 is 0. The Kier molecular flexibility index (Phi) is 5.20. The van der Waals surface area contributed by atoms with E-state index in [1.165, 1.54) is 0 Å². The molecule has 0 bridgehead atoms. The van der Waals surface area contributed by atoms with Crippen LogP contribution < -0.4 is 0 Å². The number of likely N-dealkylation sites (tertiary alicyclic amines) is 1. The minimum Gasteiger partial charge on any atom is -0.386 e. The fraction of sp³-hybridized carbons (Fsp3) is 1.00. The van der Waals surface area contributed by atoms with Crippen LogP contribution in [0.15, 0.2) is 0 Å². The Morgan fingerprint density at radius 1 is 1.53 bits per heavy atom. The molecule has 5 nitrogen and oxygen atoms in total. The van der Waals surface area contributed by atoms with Crippen molar-refractivity contribution in [2.45, 2.75) is 37.0 Å². The smallest absolute Gasteiger partial charge is 0.101 e. The molecule has 2 saturated heterocycles. The van der Waals surface area contributed by atoms with Crippen LogP contribution in [0.5, 0.6) is 0 Å². The molecule has 2 heterocycles. The second-order valence-electron chi connectivity index (χ2n) is 6.26. The van der Waals surface area contributed by atoms with Crippen molar-refractivity contribution in [1.29, 1.82) is 0 Å². The lowest BCUT2D eigenvalue weighted by Gasteiger charge is -2.36. The third-order valence-electron chi connectivity index (χ3n) is 4.37. The summed E-state index contributed by atoms with van der Waals surface area (Å²) in [7, 11) is 6.02. The van der Waals surface area contributed by atoms with Gasteiger partial charge in [0.05, 0.1) is 12.7 Å². The number of methoxy groups -OCH3 is 1. The van der Waals surface area contributed by atoms with E-state index in [0.29, 0.717) is 25.3 Å². The van der Waals surface area contributed by atoms with E-state index in [1.807, 2.05) is 0 Å². The van der Waals surface area contributed by atoms with E-state index in [0.717, 1.165) is 39.0 Å². The highest BCUT2D eigenvalue weighted by atomic mass is 16.5. The van der Waals surface area contributed by atoms with Gasteiger partial charge < -0.3 is 19.5 Å². The average molecular weight is 272 g/mol. The molecule has 2 fully saturated rings. The van der Waals surface area contributed by atoms with Gasteiger partial charge in [0, 0.05) is 39.4 Å². The first-order chi connectivity index (χ1) is 9.02. The van der Waals surface area contributed by atoms with Crippen molar-refractivity contribution < 1.29 is 14.6 Å². The first-order valence-corrected chi connectivity index (χ1v) is 7.24. The second-order valence-corrected chi connectivity index (χ2v) is 6.26. The number of likely N-dealkylation sites (N-methyl/N-ethyl adjacent to an activating group) is 2. The van der Waals surface area contributed by atoms with E-state index in [1.54, 1.807) is 7.11 Å². The molecule has 19 heavy (non-hydrogen) atoms. The van der Waals surface area contributed by atoms with Gasteiger partial charge in [0.1, 0.15) is 5.60 Å². The molecule has 0 aliphatic carbocycles. The van der Waals surface area contributed by atoms with Gasteiger partial charge in [0.15, 0.2) is 0 Å². The van der Waals surface area contributed by atoms with E-state index in [4.69, 9.17) is 9.47 Å². The average Bonchev–Trinajstić information content (AvgIpc) is 2.70. The Hall–Kier alpha value is -0.200. The number of hydrogen-bond donors (Lipinski definition) is 1. The number of rotatable bonds is 5. The van der Waals surface area contributed by atoms with Crippen molar-refractivity contribution in [3.63, 3.8) is 0 Å². The van der Waals surface area contributed by atoms with Crippen LogP contribution in [-0.2, 0) is 9.47 Å². The van der Waals surface area contributed by atoms with Gasteiger partial charge in [-0.15, -0.1) is 0 Å². The topological polar surface area (TPSA) is 45.2 Å². The molecular weight excluding hydrogens is 244 g/mol. The maximum absolute atomic E-state index is 10.5. The van der Waals surface area contributed by atoms with Crippen LogP contribution in [0, 0.1) is 0 Å². The number of nitrogens with zero attached hydrogens (tertiary/aromatic N) is 2. The molecule has 0 amide bonds. The minimum atomic E-state index is -0.662. The van der Waals surface area contributed by atoms with E-state index in [2.05, 4.69) is 23.9 Å². The number of hydrogen-bond acceptors (Lipinski definition) is 5. The van der Waals surface area contributed by atoms with Crippen molar-refractivity contribution in [2.75, 3.05) is 54.1 Å². The Morgan fingerprint density at radius 2 is 2.32 bits per heavy atom. The number of aliphatic hydroxyl groups is 1. The van der Waals surface area contributed by atoms with Gasteiger partial charge >= 0.3 is 0 Å². The second kappa shape index (κ2) is 6.50. The van der Waals surface area contributed by atoms with Crippen LogP contribution in [0.3, 0.4) is 0 Å². The van der Waals surface area contributed by atoms with Crippen molar-refractivity contribution in [2.24, 2.45) is 0 Å². The largest absolute Gasteiger partial charge is 0.386 e. The Bertz CT molecular complexity index is 282. The summed E-state index contributed by atoms with van der Waals surface area (Å²) in [5.74, 6) is 0. The molecule has 0 aromatic carbocycles. The Labute approximate surface area is 116 Å². The van der Waals surface area contributed by atoms with Crippen molar-refractivity contribution >= 4 is 0 Å². The van der Waals surface area contributed by atoms with Gasteiger partial charge in [0.2, 0.25) is 0 Å². The van der Waals surface area contributed by atoms with Gasteiger partial charge in [-0.2, -0.15) is 0 Å². The molecule has 1 unspecified atom stereocenters. The third-order valence-corrected chi connectivity index (χ3v) is 4.37. The van der Waals surface area contributed by atoms with Gasteiger partial charge in [-0.1, -0.05) is 0 Å². The highest BCUT2D eigenvalue weighted by molar-refractivity contribution is 4.89. The molecule has 0 saturated carbocycles. The van der Waals surface area contributed by atoms with Crippen molar-refractivity contribution in [3.05, 3.63) is 0 Å². The predicted octanol–water partition coefficient (Wildman–Crippen LogP) is 0.179. The summed E-state index contributed by atoms with van der Waals surface area (Å²) < 4.78 is 10.8. The Balaban J connectivity index is 1.79. The fourth-order valence-corrected chi connectivity index (χ4v) is 3.30. The molecule has 5 heteroatoms. The van der Waals surface area contributed by atoms with E-state index < -0.39 is 5.60 Å². The molecule has 0 spiro atoms. The maximum atomic E-state index is 10.5. The zero-order chi connectivity index (χ0) is 13.9. The summed E-state index contributed by atoms with van der Waals surface area (Å²) in [4.78, 5) is 4.58. The van der Waals surface area contributed by atoms with Crippen molar-refractivity contribution in [1.82, 2.24) is 9.80 Å². The highest BCUT2D eigenvalue weighted by Gasteiger charge is 2.34. The lowest BCUT2D eigenvalue weighted by atomic mass is 9.96. The van der Waals surface area contributed by atoms with Gasteiger partial charge in [-0.3, -0.25) is 4.90 Å². The first-order valence-electron chi connectivity index (χ1n) is 7.24. The zero-order valence-electron chi connectivity index (χ0n) is 12.5. The van der Waals surface area contributed by atoms with E-state index >= 15 is 0 Å². The summed E-state index contributed by atoms with van der Waals surface area (Å²) in [5, 5.41) is 10.5. The molecule has 2 rings (SSSR count). The van der Waals surface area contributed by atoms with Crippen LogP contribution in [0.2, 0.25) is 0 Å². The summed E-state index contributed by atoms with van der Waals surface area (Å²) in [6.07, 6.45) is 3.23. The first kappa shape index (κ1) is 15.2. The third kappa shape index (κ3) is 4.13. The molecule has 2 aliphatic rings. The molecule has 0 aromatic heterocycles. The van der Waals surface area contributed by atoms with Gasteiger partial charge in [-0.25, -0.2) is 0 Å². The molecule has 2 aliphatic heterocycles. The lowest BCUT2D eigenvalue weighted by molar-refractivity contribution is -0.0985. The van der Waals surface area contributed by atoms with Crippen LogP contribution in [0.4, 0.5) is 0 Å². The lowest BCUT2D eigenvalue weighted by Crippen LogP contribution is -2.49. The Morgan fingerprint density at radius 3 is 2.89 bits per heavy atom. The molecular formula is C14H28N2O3. The summed E-state index contributed by atoms with van der Waals surface area (Å²) in [5.41, 5.74) is -0.662. The molecule has 0 radical (unpaired) electrons. The van der Waals surface area contributed by atoms with Crippen molar-refractivity contribution in [3.8, 4) is 0 Å². The molecule has 1 N–H and O–H groups in total. The van der Waals surface area contributed by atoms with Gasteiger partial charge in [-0.05, 0) is 33.4 Å². The monoisotopic (exact) mass is 272 g/mol. The molecule has 0 aromatic rings. The van der Waals surface area contributed by atoms with Gasteiger partial charge in [0.25, 0.3) is 0 Å². The summed E-state index contributed by atoms with van der Waals surface area (Å²) in [6.45, 7) is 3.92. The van der Waals surface area contributed by atoms with E-state index in [-0.39, 0.29) is 0 Å². The minimum absolute atomic E-state index is 0.351. The standard InChI is InChI=1S/C14H28N2O3/c1-15(10-14(17)5-4-6-19-11-14)8-12-7-13(18-3)9-16(12)2/h12-13,17H,4-11H2,1-3H3/t12-,13-,14?/m0/s1. The molecule has 112 valence electrons. The maximum Gasteiger partial charge on any atom is 0.101 e. The quantitative estimate of drug-likeness (QED) is 0.773. The predicted molar refractivity (Wildman–Crippen MR) is 74.3 cm³/mol. The number of ether oxygens (including phenoxy) is 2. The van der Waals surface area contributed by atoms with Crippen LogP contribution in [0.1, 0.15) is 19.3 Å². The normalized spacial score (nSPS) is 37.1. The zero-order valence-corrected chi connectivity index (χ0v) is 12.5. The summed E-state index contributed by atoms with van der Waals surface area (Å²) in [6, 6.07) is 0.517. The van der Waals surface area contributed by atoms with Crippen LogP contribution >= 0.6 is 0 Å². The van der Waals surface area contributed by atoms with Crippen LogP contribution in [-0.4, -0.2) is 86.7 Å². The molecule has 3 atom stereocenters. The SMILES string of the molecule is CO[C@H]1C[C@@H](CN(C)CC2(O)CCCOC2)N(C)C1. The highest BCUT2D eigenvalue weighted by Crippen LogP contribution is 2.22. The van der Waals surface area contributed by atoms with Crippen LogP contribution in [0.25, 0.3) is 0 Å². The fourth-order valence-electron chi connectivity index (χ4n) is 3.30. The van der Waals surface area contributed by atoms with E-state index in [9.17, 15) is 5.11 Å².